The predicted molar refractivity (Wildman–Crippen MR) is 81.7 cm³/mol. The van der Waals surface area contributed by atoms with E-state index in [1.54, 1.807) is 0 Å². The Bertz CT molecular complexity index is 438. The highest BCUT2D eigenvalue weighted by Crippen LogP contribution is 2.19. The summed E-state index contributed by atoms with van der Waals surface area (Å²) < 4.78 is 0. The number of rotatable bonds is 6. The zero-order valence-electron chi connectivity index (χ0n) is 12.8. The topological polar surface area (TPSA) is 41.1 Å². The lowest BCUT2D eigenvalue weighted by atomic mass is 9.90. The molecule has 0 atom stereocenters. The Labute approximate surface area is 116 Å². The lowest BCUT2D eigenvalue weighted by Crippen LogP contribution is -2.33. The van der Waals surface area contributed by atoms with E-state index in [9.17, 15) is 4.79 Å². The summed E-state index contributed by atoms with van der Waals surface area (Å²) in [6, 6.07) is 5.86. The maximum Gasteiger partial charge on any atom is 0.251 e. The molecule has 3 heteroatoms. The summed E-state index contributed by atoms with van der Waals surface area (Å²) in [7, 11) is 0. The van der Waals surface area contributed by atoms with Gasteiger partial charge in [-0.15, -0.1) is 0 Å². The van der Waals surface area contributed by atoms with Crippen molar-refractivity contribution < 1.29 is 4.79 Å². The molecule has 1 amide bonds. The van der Waals surface area contributed by atoms with Crippen molar-refractivity contribution in [2.45, 2.75) is 41.0 Å². The monoisotopic (exact) mass is 262 g/mol. The molecule has 0 radical (unpaired) electrons. The van der Waals surface area contributed by atoms with Gasteiger partial charge in [0.25, 0.3) is 5.91 Å². The number of aryl methyl sites for hydroxylation is 1. The third-order valence-electron chi connectivity index (χ3n) is 3.54. The summed E-state index contributed by atoms with van der Waals surface area (Å²) in [6.45, 7) is 12.1. The van der Waals surface area contributed by atoms with Crippen molar-refractivity contribution in [2.24, 2.45) is 5.41 Å². The van der Waals surface area contributed by atoms with Crippen LogP contribution >= 0.6 is 0 Å². The molecule has 106 valence electrons. The van der Waals surface area contributed by atoms with Gasteiger partial charge in [0.2, 0.25) is 0 Å². The van der Waals surface area contributed by atoms with Crippen LogP contribution in [0.25, 0.3) is 0 Å². The minimum absolute atomic E-state index is 0.0158. The van der Waals surface area contributed by atoms with Gasteiger partial charge in [0.05, 0.1) is 0 Å². The molecule has 19 heavy (non-hydrogen) atoms. The lowest BCUT2D eigenvalue weighted by Gasteiger charge is -2.23. The molecule has 2 N–H and O–H groups in total. The van der Waals surface area contributed by atoms with Crippen molar-refractivity contribution in [1.29, 1.82) is 0 Å². The van der Waals surface area contributed by atoms with Crippen LogP contribution in [0, 0.1) is 12.3 Å². The molecule has 1 aromatic rings. The lowest BCUT2D eigenvalue weighted by molar-refractivity contribution is 0.0935. The zero-order valence-corrected chi connectivity index (χ0v) is 12.8. The molecular weight excluding hydrogens is 236 g/mol. The number of carbonyl (C=O) groups excluding carboxylic acids is 1. The number of hydrogen-bond acceptors (Lipinski definition) is 2. The normalized spacial score (nSPS) is 11.2. The molecule has 0 aliphatic rings. The van der Waals surface area contributed by atoms with Gasteiger partial charge in [-0.1, -0.05) is 20.8 Å². The van der Waals surface area contributed by atoms with Crippen LogP contribution in [0.5, 0.6) is 0 Å². The van der Waals surface area contributed by atoms with Gasteiger partial charge in [0.15, 0.2) is 0 Å². The van der Waals surface area contributed by atoms with Crippen LogP contribution in [-0.2, 0) is 0 Å². The molecular formula is C16H26N2O. The summed E-state index contributed by atoms with van der Waals surface area (Å²) in [5.41, 5.74) is 2.97. The predicted octanol–water partition coefficient (Wildman–Crippen LogP) is 3.59. The van der Waals surface area contributed by atoms with Gasteiger partial charge in [-0.3, -0.25) is 4.79 Å². The Kier molecular flexibility index (Phi) is 5.40. The highest BCUT2D eigenvalue weighted by atomic mass is 16.1. The maximum absolute atomic E-state index is 12.2. The summed E-state index contributed by atoms with van der Waals surface area (Å²) in [6.07, 6.45) is 1.05. The van der Waals surface area contributed by atoms with E-state index >= 15 is 0 Å². The molecule has 0 aromatic heterocycles. The van der Waals surface area contributed by atoms with Crippen molar-refractivity contribution in [3.05, 3.63) is 29.3 Å². The number of hydrogen-bond donors (Lipinski definition) is 2. The highest BCUT2D eigenvalue weighted by Gasteiger charge is 2.17. The second-order valence-corrected chi connectivity index (χ2v) is 5.76. The van der Waals surface area contributed by atoms with Gasteiger partial charge >= 0.3 is 0 Å². The summed E-state index contributed by atoms with van der Waals surface area (Å²) in [5, 5.41) is 6.27. The Morgan fingerprint density at radius 2 is 1.95 bits per heavy atom. The number of nitrogens with one attached hydrogen (secondary N) is 2. The smallest absolute Gasteiger partial charge is 0.251 e. The van der Waals surface area contributed by atoms with Crippen molar-refractivity contribution >= 4 is 11.6 Å². The van der Waals surface area contributed by atoms with Crippen LogP contribution in [0.4, 0.5) is 5.69 Å². The van der Waals surface area contributed by atoms with Gasteiger partial charge in [-0.25, -0.2) is 0 Å². The first-order chi connectivity index (χ1) is 8.89. The van der Waals surface area contributed by atoms with E-state index in [-0.39, 0.29) is 11.3 Å². The van der Waals surface area contributed by atoms with E-state index < -0.39 is 0 Å². The second-order valence-electron chi connectivity index (χ2n) is 5.76. The highest BCUT2D eigenvalue weighted by molar-refractivity contribution is 5.96. The largest absolute Gasteiger partial charge is 0.385 e. The molecule has 0 bridgehead atoms. The van der Waals surface area contributed by atoms with Crippen molar-refractivity contribution in [1.82, 2.24) is 5.32 Å². The van der Waals surface area contributed by atoms with E-state index in [0.29, 0.717) is 6.54 Å². The molecule has 0 heterocycles. The minimum atomic E-state index is 0.0158. The summed E-state index contributed by atoms with van der Waals surface area (Å²) >= 11 is 0. The first-order valence-electron chi connectivity index (χ1n) is 7.02. The average Bonchev–Trinajstić information content (AvgIpc) is 2.37. The summed E-state index contributed by atoms with van der Waals surface area (Å²) in [5.74, 6) is 0.0158. The minimum Gasteiger partial charge on any atom is -0.385 e. The first kappa shape index (κ1) is 15.5. The van der Waals surface area contributed by atoms with Crippen LogP contribution in [-0.4, -0.2) is 19.0 Å². The number of amides is 1. The van der Waals surface area contributed by atoms with Crippen molar-refractivity contribution in [3.8, 4) is 0 Å². The molecule has 3 nitrogen and oxygen atoms in total. The van der Waals surface area contributed by atoms with Gasteiger partial charge < -0.3 is 10.6 Å². The molecule has 1 aromatic carbocycles. The Morgan fingerprint density at radius 3 is 2.47 bits per heavy atom. The van der Waals surface area contributed by atoms with E-state index in [1.165, 1.54) is 0 Å². The Balaban J connectivity index is 2.72. The van der Waals surface area contributed by atoms with Gasteiger partial charge in [-0.05, 0) is 49.4 Å². The standard InChI is InChI=1S/C16H26N2O/c1-6-16(4,5)11-18-15(19)14-9-8-13(17-7-2)10-12(14)3/h8-10,17H,6-7,11H2,1-5H3,(H,18,19). The number of carbonyl (C=O) groups is 1. The fraction of sp³-hybridized carbons (Fsp3) is 0.562. The third kappa shape index (κ3) is 4.58. The zero-order chi connectivity index (χ0) is 14.5. The van der Waals surface area contributed by atoms with Gasteiger partial charge in [0.1, 0.15) is 0 Å². The number of anilines is 1. The fourth-order valence-corrected chi connectivity index (χ4v) is 1.77. The van der Waals surface area contributed by atoms with Gasteiger partial charge in [-0.2, -0.15) is 0 Å². The Hall–Kier alpha value is -1.51. The molecule has 0 aliphatic carbocycles. The van der Waals surface area contributed by atoms with Crippen molar-refractivity contribution in [3.63, 3.8) is 0 Å². The average molecular weight is 262 g/mol. The van der Waals surface area contributed by atoms with Crippen LogP contribution in [0.2, 0.25) is 0 Å². The number of benzene rings is 1. The maximum atomic E-state index is 12.2. The summed E-state index contributed by atoms with van der Waals surface area (Å²) in [4.78, 5) is 12.2. The third-order valence-corrected chi connectivity index (χ3v) is 3.54. The van der Waals surface area contributed by atoms with E-state index in [0.717, 1.165) is 29.8 Å². The second kappa shape index (κ2) is 6.60. The van der Waals surface area contributed by atoms with Crippen molar-refractivity contribution in [2.75, 3.05) is 18.4 Å². The van der Waals surface area contributed by atoms with Crippen LogP contribution in [0.15, 0.2) is 18.2 Å². The molecule has 1 rings (SSSR count). The molecule has 0 fully saturated rings. The molecule has 0 saturated heterocycles. The Morgan fingerprint density at radius 1 is 1.26 bits per heavy atom. The van der Waals surface area contributed by atoms with Crippen LogP contribution in [0.3, 0.4) is 0 Å². The molecule has 0 unspecified atom stereocenters. The SMILES string of the molecule is CCNc1ccc(C(=O)NCC(C)(C)CC)c(C)c1. The van der Waals surface area contributed by atoms with Crippen LogP contribution in [0.1, 0.15) is 50.0 Å². The molecule has 0 spiro atoms. The van der Waals surface area contributed by atoms with E-state index in [2.05, 4.69) is 38.3 Å². The van der Waals surface area contributed by atoms with Gasteiger partial charge in [0, 0.05) is 24.3 Å². The molecule has 0 aliphatic heterocycles. The van der Waals surface area contributed by atoms with Crippen LogP contribution < -0.4 is 10.6 Å². The fourth-order valence-electron chi connectivity index (χ4n) is 1.77. The quantitative estimate of drug-likeness (QED) is 0.822. The van der Waals surface area contributed by atoms with E-state index in [1.807, 2.05) is 25.1 Å². The molecule has 0 saturated carbocycles. The van der Waals surface area contributed by atoms with E-state index in [4.69, 9.17) is 0 Å². The first-order valence-corrected chi connectivity index (χ1v) is 7.02.